The van der Waals surface area contributed by atoms with Crippen molar-refractivity contribution >= 4 is 6.20 Å². The Morgan fingerprint density at radius 3 is 3.12 bits per heavy atom. The number of hydrogen-bond acceptors (Lipinski definition) is 2. The minimum atomic E-state index is 1.52. The molecule has 0 aromatic carbocycles. The highest BCUT2D eigenvalue weighted by Gasteiger charge is 1.76. The third-order valence-corrected chi connectivity index (χ3v) is 0.665. The summed E-state index contributed by atoms with van der Waals surface area (Å²) in [6.45, 7) is 3.37. The molecule has 0 aliphatic carbocycles. The van der Waals surface area contributed by atoms with Gasteiger partial charge in [-0.25, -0.2) is 4.68 Å². The molecule has 0 N–H and O–H groups in total. The zero-order valence-electron chi connectivity index (χ0n) is 4.28. The highest BCUT2D eigenvalue weighted by atomic mass is 15.4. The van der Waals surface area contributed by atoms with Gasteiger partial charge in [-0.2, -0.15) is 0 Å². The molecule has 0 radical (unpaired) electrons. The largest absolute Gasteiger partial charge is 0.220 e. The molecule has 1 aromatic rings. The van der Waals surface area contributed by atoms with E-state index in [2.05, 4.69) is 22.6 Å². The average Bonchev–Trinajstić information content (AvgIpc) is 2.19. The first-order valence-electron chi connectivity index (χ1n) is 2.15. The summed E-state index contributed by atoms with van der Waals surface area (Å²) in [4.78, 5) is 0. The molecule has 0 saturated carbocycles. The topological polar surface area (TPSA) is 30.7 Å². The average molecular weight is 107 g/mol. The number of hydrogen-bond donors (Lipinski definition) is 0. The third kappa shape index (κ3) is 0.832. The van der Waals surface area contributed by atoms with Crippen LogP contribution in [0.3, 0.4) is 0 Å². The summed E-state index contributed by atoms with van der Waals surface area (Å²) in [6.07, 6.45) is 4.89. The van der Waals surface area contributed by atoms with Crippen molar-refractivity contribution in [3.8, 4) is 0 Å². The minimum Gasteiger partial charge on any atom is -0.220 e. The highest BCUT2D eigenvalue weighted by molar-refractivity contribution is 5.15. The Morgan fingerprint density at radius 1 is 1.75 bits per heavy atom. The second kappa shape index (κ2) is 2.09. The van der Waals surface area contributed by atoms with Crippen LogP contribution in [0.4, 0.5) is 0 Å². The predicted octanol–water partition coefficient (Wildman–Crippen LogP) is 0.534. The lowest BCUT2D eigenvalue weighted by Gasteiger charge is -1.78. The first kappa shape index (κ1) is 4.81. The normalized spacial score (nSPS) is 8.00. The van der Waals surface area contributed by atoms with Crippen molar-refractivity contribution in [2.24, 2.45) is 0 Å². The van der Waals surface area contributed by atoms with Gasteiger partial charge in [-0.3, -0.25) is 0 Å². The van der Waals surface area contributed by atoms with E-state index in [1.807, 2.05) is 0 Å². The van der Waals surface area contributed by atoms with Gasteiger partial charge in [0.15, 0.2) is 0 Å². The maximum Gasteiger partial charge on any atom is 0.0714 e. The van der Waals surface area contributed by atoms with Gasteiger partial charge in [0.25, 0.3) is 0 Å². The molecule has 0 unspecified atom stereocenters. The number of nitrogens with zero attached hydrogens (tertiary/aromatic N) is 3. The Kier molecular flexibility index (Phi) is 1.26. The van der Waals surface area contributed by atoms with E-state index in [1.54, 1.807) is 18.6 Å². The summed E-state index contributed by atoms with van der Waals surface area (Å²) in [6, 6.07) is 0. The van der Waals surface area contributed by atoms with Crippen LogP contribution in [-0.4, -0.2) is 15.0 Å². The lowest BCUT2D eigenvalue weighted by molar-refractivity contribution is 0.841. The molecule has 0 aliphatic heterocycles. The molecule has 3 nitrogen and oxygen atoms in total. The molecular formula is C5H5N3. The van der Waals surface area contributed by atoms with Crippen LogP contribution in [0.15, 0.2) is 24.7 Å². The predicted molar refractivity (Wildman–Crippen MR) is 29.9 cm³/mol. The van der Waals surface area contributed by atoms with Gasteiger partial charge < -0.3 is 0 Å². The fraction of sp³-hybridized carbons (Fsp3) is 0. The van der Waals surface area contributed by atoms with Gasteiger partial charge in [0.1, 0.15) is 0 Å². The van der Waals surface area contributed by atoms with Crippen molar-refractivity contribution in [3.05, 3.63) is 24.7 Å². The van der Waals surface area contributed by atoms with Crippen LogP contribution >= 0.6 is 0 Å². The van der Waals surface area contributed by atoms with E-state index < -0.39 is 0 Å². The molecule has 40 valence electrons. The van der Waals surface area contributed by atoms with E-state index in [1.165, 1.54) is 4.68 Å². The van der Waals surface area contributed by atoms with E-state index in [0.717, 1.165) is 0 Å². The summed E-state index contributed by atoms with van der Waals surface area (Å²) in [5.74, 6) is 0. The molecule has 8 heavy (non-hydrogen) atoms. The monoisotopic (exact) mass is 107 g/mol. The Labute approximate surface area is 46.9 Å². The summed E-state index contributed by atoms with van der Waals surface area (Å²) < 4.78 is 1.52. The molecule has 0 saturated heterocycles. The lowest BCUT2D eigenvalue weighted by atomic mass is 10.8. The SMILES string of the molecule is C=C=Cn1ccnn1. The van der Waals surface area contributed by atoms with Crippen LogP contribution in [0.2, 0.25) is 0 Å². The summed E-state index contributed by atoms with van der Waals surface area (Å²) in [5, 5.41) is 7.17. The van der Waals surface area contributed by atoms with Crippen LogP contribution < -0.4 is 0 Å². The van der Waals surface area contributed by atoms with Crippen molar-refractivity contribution < 1.29 is 0 Å². The third-order valence-electron chi connectivity index (χ3n) is 0.665. The van der Waals surface area contributed by atoms with Crippen LogP contribution in [-0.2, 0) is 0 Å². The first-order valence-corrected chi connectivity index (χ1v) is 2.15. The maximum atomic E-state index is 3.61. The van der Waals surface area contributed by atoms with E-state index in [4.69, 9.17) is 0 Å². The smallest absolute Gasteiger partial charge is 0.0714 e. The summed E-state index contributed by atoms with van der Waals surface area (Å²) in [5.41, 5.74) is 2.56. The molecule has 0 fully saturated rings. The Bertz CT molecular complexity index is 193. The Balaban J connectivity index is 2.93. The second-order valence-corrected chi connectivity index (χ2v) is 1.22. The van der Waals surface area contributed by atoms with Crippen molar-refractivity contribution in [1.82, 2.24) is 15.0 Å². The zero-order chi connectivity index (χ0) is 5.82. The lowest BCUT2D eigenvalue weighted by Crippen LogP contribution is -1.83. The fourth-order valence-corrected chi connectivity index (χ4v) is 0.380. The molecule has 0 amide bonds. The van der Waals surface area contributed by atoms with E-state index in [0.29, 0.717) is 0 Å². The van der Waals surface area contributed by atoms with Gasteiger partial charge in [0, 0.05) is 0 Å². The van der Waals surface area contributed by atoms with Gasteiger partial charge in [-0.05, 0) is 0 Å². The molecule has 0 spiro atoms. The van der Waals surface area contributed by atoms with Gasteiger partial charge in [0.2, 0.25) is 0 Å². The molecule has 0 atom stereocenters. The van der Waals surface area contributed by atoms with Gasteiger partial charge in [-0.15, -0.1) is 10.8 Å². The Morgan fingerprint density at radius 2 is 2.62 bits per heavy atom. The molecule has 1 heterocycles. The van der Waals surface area contributed by atoms with Crippen LogP contribution in [0.25, 0.3) is 6.20 Å². The molecule has 1 aromatic heterocycles. The molecule has 0 aliphatic rings. The summed E-state index contributed by atoms with van der Waals surface area (Å²) in [7, 11) is 0. The number of rotatable bonds is 1. The molecular weight excluding hydrogens is 102 g/mol. The zero-order valence-corrected chi connectivity index (χ0v) is 4.28. The fourth-order valence-electron chi connectivity index (χ4n) is 0.380. The van der Waals surface area contributed by atoms with Gasteiger partial charge in [-0.1, -0.05) is 11.8 Å². The highest BCUT2D eigenvalue weighted by Crippen LogP contribution is 1.77. The van der Waals surface area contributed by atoms with Crippen LogP contribution in [0, 0.1) is 0 Å². The van der Waals surface area contributed by atoms with Crippen molar-refractivity contribution in [1.29, 1.82) is 0 Å². The summed E-state index contributed by atoms with van der Waals surface area (Å²) >= 11 is 0. The minimum absolute atomic E-state index is 1.52. The van der Waals surface area contributed by atoms with E-state index in [-0.39, 0.29) is 0 Å². The van der Waals surface area contributed by atoms with Crippen LogP contribution in [0.1, 0.15) is 0 Å². The second-order valence-electron chi connectivity index (χ2n) is 1.22. The van der Waals surface area contributed by atoms with Gasteiger partial charge >= 0.3 is 0 Å². The Hall–Kier alpha value is -1.34. The maximum absolute atomic E-state index is 3.61. The van der Waals surface area contributed by atoms with Crippen molar-refractivity contribution in [3.63, 3.8) is 0 Å². The number of aromatic nitrogens is 3. The van der Waals surface area contributed by atoms with Crippen molar-refractivity contribution in [2.45, 2.75) is 0 Å². The molecule has 3 heteroatoms. The first-order chi connectivity index (χ1) is 3.93. The quantitative estimate of drug-likeness (QED) is 0.490. The van der Waals surface area contributed by atoms with Gasteiger partial charge in [0.05, 0.1) is 18.6 Å². The van der Waals surface area contributed by atoms with Crippen LogP contribution in [0.5, 0.6) is 0 Å². The molecule has 1 rings (SSSR count). The van der Waals surface area contributed by atoms with Crippen molar-refractivity contribution in [2.75, 3.05) is 0 Å². The van der Waals surface area contributed by atoms with E-state index >= 15 is 0 Å². The standard InChI is InChI=1S/C5H5N3/c1-2-4-8-5-3-6-7-8/h3-5H,1H2. The molecule has 0 bridgehead atoms. The van der Waals surface area contributed by atoms with E-state index in [9.17, 15) is 0 Å².